The van der Waals surface area contributed by atoms with Crippen LogP contribution in [0.1, 0.15) is 33.1 Å². The second-order valence-electron chi connectivity index (χ2n) is 6.66. The number of carbonyl (C=O) groups excluding carboxylic acids is 1. The molecule has 2 unspecified atom stereocenters. The maximum atomic E-state index is 12.6. The van der Waals surface area contributed by atoms with E-state index in [9.17, 15) is 4.79 Å². The number of hydrogen-bond acceptors (Lipinski definition) is 7. The molecular formula is C19H25N3O4S. The van der Waals surface area contributed by atoms with E-state index in [0.29, 0.717) is 28.4 Å². The van der Waals surface area contributed by atoms with Gasteiger partial charge in [-0.25, -0.2) is 0 Å². The second-order valence-corrected chi connectivity index (χ2v) is 7.59. The molecule has 3 rings (SSSR count). The quantitative estimate of drug-likeness (QED) is 0.696. The summed E-state index contributed by atoms with van der Waals surface area (Å²) in [5, 5.41) is 8.51. The maximum Gasteiger partial charge on any atom is 0.277 e. The molecule has 7 nitrogen and oxygen atoms in total. The Balaban J connectivity index is 1.65. The molecule has 8 heteroatoms. The van der Waals surface area contributed by atoms with Gasteiger partial charge in [-0.2, -0.15) is 0 Å². The minimum Gasteiger partial charge on any atom is -0.493 e. The minimum atomic E-state index is 0.116. The Morgan fingerprint density at radius 2 is 1.89 bits per heavy atom. The summed E-state index contributed by atoms with van der Waals surface area (Å²) < 4.78 is 16.2. The summed E-state index contributed by atoms with van der Waals surface area (Å²) in [6.45, 7) is 4.22. The molecule has 0 radical (unpaired) electrons. The van der Waals surface area contributed by atoms with Crippen LogP contribution in [0.4, 0.5) is 0 Å². The zero-order valence-electron chi connectivity index (χ0n) is 16.1. The summed E-state index contributed by atoms with van der Waals surface area (Å²) in [4.78, 5) is 14.6. The first-order valence-electron chi connectivity index (χ1n) is 9.03. The molecule has 1 fully saturated rings. The van der Waals surface area contributed by atoms with E-state index < -0.39 is 0 Å². The molecular weight excluding hydrogens is 366 g/mol. The van der Waals surface area contributed by atoms with Gasteiger partial charge in [-0.15, -0.1) is 10.2 Å². The monoisotopic (exact) mass is 391 g/mol. The summed E-state index contributed by atoms with van der Waals surface area (Å²) in [6, 6.07) is 5.96. The SMILES string of the molecule is COc1ccc(-c2nnc(SCC(=O)N3C(C)CCCC3C)o2)cc1OC. The van der Waals surface area contributed by atoms with Crippen LogP contribution >= 0.6 is 11.8 Å². The van der Waals surface area contributed by atoms with Crippen molar-refractivity contribution in [1.29, 1.82) is 0 Å². The van der Waals surface area contributed by atoms with Crippen molar-refractivity contribution in [1.82, 2.24) is 15.1 Å². The van der Waals surface area contributed by atoms with E-state index in [1.54, 1.807) is 26.4 Å². The van der Waals surface area contributed by atoms with Gasteiger partial charge >= 0.3 is 0 Å². The molecule has 1 aliphatic rings. The Bertz CT molecular complexity index is 785. The van der Waals surface area contributed by atoms with E-state index >= 15 is 0 Å². The molecule has 146 valence electrons. The Kier molecular flexibility index (Phi) is 6.26. The van der Waals surface area contributed by atoms with Gasteiger partial charge in [0.2, 0.25) is 11.8 Å². The summed E-state index contributed by atoms with van der Waals surface area (Å²) >= 11 is 1.27. The van der Waals surface area contributed by atoms with Gasteiger partial charge in [-0.3, -0.25) is 4.79 Å². The van der Waals surface area contributed by atoms with Crippen LogP contribution in [-0.4, -0.2) is 53.1 Å². The fourth-order valence-corrected chi connectivity index (χ4v) is 4.10. The van der Waals surface area contributed by atoms with Crippen molar-refractivity contribution in [2.45, 2.75) is 50.4 Å². The molecule has 2 heterocycles. The Morgan fingerprint density at radius 3 is 2.56 bits per heavy atom. The van der Waals surface area contributed by atoms with Gasteiger partial charge in [0.25, 0.3) is 5.22 Å². The lowest BCUT2D eigenvalue weighted by Gasteiger charge is -2.39. The fourth-order valence-electron chi connectivity index (χ4n) is 3.46. The number of amides is 1. The summed E-state index contributed by atoms with van der Waals surface area (Å²) in [7, 11) is 3.16. The molecule has 27 heavy (non-hydrogen) atoms. The van der Waals surface area contributed by atoms with Gasteiger partial charge in [-0.1, -0.05) is 11.8 Å². The molecule has 0 aliphatic carbocycles. The van der Waals surface area contributed by atoms with Crippen molar-refractivity contribution in [3.8, 4) is 23.0 Å². The lowest BCUT2D eigenvalue weighted by atomic mass is 9.98. The second kappa shape index (κ2) is 8.65. The Hall–Kier alpha value is -2.22. The first-order valence-corrected chi connectivity index (χ1v) is 10.0. The van der Waals surface area contributed by atoms with Crippen LogP contribution in [0.15, 0.2) is 27.8 Å². The predicted molar refractivity (Wildman–Crippen MR) is 103 cm³/mol. The summed E-state index contributed by atoms with van der Waals surface area (Å²) in [6.07, 6.45) is 3.30. The Morgan fingerprint density at radius 1 is 1.19 bits per heavy atom. The number of hydrogen-bond donors (Lipinski definition) is 0. The number of methoxy groups -OCH3 is 2. The van der Waals surface area contributed by atoms with Crippen molar-refractivity contribution in [2.75, 3.05) is 20.0 Å². The largest absolute Gasteiger partial charge is 0.493 e. The third kappa shape index (κ3) is 4.37. The predicted octanol–water partition coefficient (Wildman–Crippen LogP) is 3.64. The number of likely N-dealkylation sites (tertiary alicyclic amines) is 1. The van der Waals surface area contributed by atoms with Crippen LogP contribution in [0.2, 0.25) is 0 Å². The number of rotatable bonds is 6. The zero-order chi connectivity index (χ0) is 19.4. The highest BCUT2D eigenvalue weighted by Crippen LogP contribution is 2.33. The van der Waals surface area contributed by atoms with Gasteiger partial charge in [0.05, 0.1) is 20.0 Å². The van der Waals surface area contributed by atoms with Gasteiger partial charge in [0.1, 0.15) is 0 Å². The maximum absolute atomic E-state index is 12.6. The zero-order valence-corrected chi connectivity index (χ0v) is 16.9. The highest BCUT2D eigenvalue weighted by atomic mass is 32.2. The third-order valence-corrected chi connectivity index (χ3v) is 5.64. The third-order valence-electron chi connectivity index (χ3n) is 4.84. The highest BCUT2D eigenvalue weighted by molar-refractivity contribution is 7.99. The van der Waals surface area contributed by atoms with E-state index in [0.717, 1.165) is 18.4 Å². The number of thioether (sulfide) groups is 1. The van der Waals surface area contributed by atoms with Crippen LogP contribution in [0.5, 0.6) is 11.5 Å². The summed E-state index contributed by atoms with van der Waals surface area (Å²) in [5.74, 6) is 2.01. The van der Waals surface area contributed by atoms with Crippen LogP contribution in [-0.2, 0) is 4.79 Å². The summed E-state index contributed by atoms with van der Waals surface area (Å²) in [5.41, 5.74) is 0.733. The number of carbonyl (C=O) groups is 1. The van der Waals surface area contributed by atoms with Crippen LogP contribution < -0.4 is 9.47 Å². The van der Waals surface area contributed by atoms with Crippen LogP contribution in [0, 0.1) is 0 Å². The molecule has 1 amide bonds. The average molecular weight is 391 g/mol. The van der Waals surface area contributed by atoms with Gasteiger partial charge < -0.3 is 18.8 Å². The number of nitrogens with zero attached hydrogens (tertiary/aromatic N) is 3. The lowest BCUT2D eigenvalue weighted by Crippen LogP contribution is -2.48. The molecule has 1 saturated heterocycles. The molecule has 0 N–H and O–H groups in total. The molecule has 0 spiro atoms. The smallest absolute Gasteiger partial charge is 0.277 e. The number of benzene rings is 1. The molecule has 1 aromatic heterocycles. The van der Waals surface area contributed by atoms with E-state index in [1.807, 2.05) is 11.0 Å². The number of ether oxygens (including phenoxy) is 2. The van der Waals surface area contributed by atoms with Crippen molar-refractivity contribution in [2.24, 2.45) is 0 Å². The molecule has 1 aliphatic heterocycles. The van der Waals surface area contributed by atoms with Crippen molar-refractivity contribution in [3.63, 3.8) is 0 Å². The lowest BCUT2D eigenvalue weighted by molar-refractivity contribution is -0.134. The first kappa shape index (κ1) is 19.5. The number of aromatic nitrogens is 2. The molecule has 1 aromatic carbocycles. The highest BCUT2D eigenvalue weighted by Gasteiger charge is 2.29. The molecule has 0 bridgehead atoms. The van der Waals surface area contributed by atoms with Gasteiger partial charge in [0, 0.05) is 17.6 Å². The van der Waals surface area contributed by atoms with Crippen LogP contribution in [0.25, 0.3) is 11.5 Å². The minimum absolute atomic E-state index is 0.116. The van der Waals surface area contributed by atoms with Gasteiger partial charge in [0.15, 0.2) is 11.5 Å². The van der Waals surface area contributed by atoms with Crippen LogP contribution in [0.3, 0.4) is 0 Å². The normalized spacial score (nSPS) is 19.8. The molecule has 2 aromatic rings. The van der Waals surface area contributed by atoms with E-state index in [4.69, 9.17) is 13.9 Å². The standard InChI is InChI=1S/C19H25N3O4S/c1-12-6-5-7-13(2)22(12)17(23)11-27-19-21-20-18(26-19)14-8-9-15(24-3)16(10-14)25-4/h8-10,12-13H,5-7,11H2,1-4H3. The van der Waals surface area contributed by atoms with E-state index in [2.05, 4.69) is 24.0 Å². The Labute approximate surface area is 163 Å². The fraction of sp³-hybridized carbons (Fsp3) is 0.526. The first-order chi connectivity index (χ1) is 13.0. The van der Waals surface area contributed by atoms with Crippen molar-refractivity contribution < 1.29 is 18.7 Å². The van der Waals surface area contributed by atoms with E-state index in [1.165, 1.54) is 18.2 Å². The van der Waals surface area contributed by atoms with E-state index in [-0.39, 0.29) is 18.0 Å². The number of piperidine rings is 1. The molecule has 2 atom stereocenters. The average Bonchev–Trinajstić information content (AvgIpc) is 3.14. The van der Waals surface area contributed by atoms with Crippen molar-refractivity contribution >= 4 is 17.7 Å². The molecule has 0 saturated carbocycles. The van der Waals surface area contributed by atoms with Crippen molar-refractivity contribution in [3.05, 3.63) is 18.2 Å². The van der Waals surface area contributed by atoms with Gasteiger partial charge in [-0.05, 0) is 51.3 Å². The topological polar surface area (TPSA) is 77.7 Å².